The highest BCUT2D eigenvalue weighted by Crippen LogP contribution is 2.15. The number of methoxy groups -OCH3 is 1. The van der Waals surface area contributed by atoms with Gasteiger partial charge in [-0.3, -0.25) is 0 Å². The lowest BCUT2D eigenvalue weighted by Gasteiger charge is -2.10. The fourth-order valence-corrected chi connectivity index (χ4v) is 1.98. The molecule has 0 saturated carbocycles. The predicted molar refractivity (Wildman–Crippen MR) is 75.2 cm³/mol. The maximum Gasteiger partial charge on any atom is 0.132 e. The highest BCUT2D eigenvalue weighted by Gasteiger charge is 2.07. The fourth-order valence-electron chi connectivity index (χ4n) is 1.98. The summed E-state index contributed by atoms with van der Waals surface area (Å²) < 4.78 is 5.14. The third-order valence-electron chi connectivity index (χ3n) is 3.08. The van der Waals surface area contributed by atoms with Crippen LogP contribution in [0, 0.1) is 6.92 Å². The molecule has 1 aromatic carbocycles. The lowest BCUT2D eigenvalue weighted by Crippen LogP contribution is -2.10. The largest absolute Gasteiger partial charge is 0.497 e. The summed E-state index contributed by atoms with van der Waals surface area (Å²) in [6.45, 7) is 3.91. The van der Waals surface area contributed by atoms with Gasteiger partial charge in [-0.25, -0.2) is 9.97 Å². The molecule has 0 amide bonds. The van der Waals surface area contributed by atoms with Gasteiger partial charge in [0.15, 0.2) is 0 Å². The lowest BCUT2D eigenvalue weighted by atomic mass is 10.1. The number of ether oxygens (including phenoxy) is 1. The van der Waals surface area contributed by atoms with Crippen LogP contribution in [0.3, 0.4) is 0 Å². The molecule has 0 unspecified atom stereocenters. The molecule has 100 valence electrons. The molecule has 1 atom stereocenters. The van der Waals surface area contributed by atoms with Crippen molar-refractivity contribution in [1.82, 2.24) is 9.97 Å². The monoisotopic (exact) mass is 257 g/mol. The summed E-state index contributed by atoms with van der Waals surface area (Å²) in [6.07, 6.45) is 2.54. The summed E-state index contributed by atoms with van der Waals surface area (Å²) in [6, 6.07) is 7.90. The highest BCUT2D eigenvalue weighted by atomic mass is 16.5. The van der Waals surface area contributed by atoms with E-state index in [9.17, 15) is 0 Å². The summed E-state index contributed by atoms with van der Waals surface area (Å²) >= 11 is 0. The molecule has 0 radical (unpaired) electrons. The van der Waals surface area contributed by atoms with Crippen LogP contribution in [0.4, 0.5) is 0 Å². The third-order valence-corrected chi connectivity index (χ3v) is 3.08. The van der Waals surface area contributed by atoms with E-state index in [1.807, 2.05) is 44.3 Å². The first kappa shape index (κ1) is 13.5. The van der Waals surface area contributed by atoms with Crippen LogP contribution in [-0.4, -0.2) is 17.1 Å². The minimum absolute atomic E-state index is 0.0324. The smallest absolute Gasteiger partial charge is 0.132 e. The van der Waals surface area contributed by atoms with E-state index >= 15 is 0 Å². The van der Waals surface area contributed by atoms with Gasteiger partial charge in [0.2, 0.25) is 0 Å². The topological polar surface area (TPSA) is 61.0 Å². The maximum absolute atomic E-state index is 5.86. The van der Waals surface area contributed by atoms with Crippen LogP contribution >= 0.6 is 0 Å². The average molecular weight is 257 g/mol. The van der Waals surface area contributed by atoms with Crippen molar-refractivity contribution < 1.29 is 4.74 Å². The van der Waals surface area contributed by atoms with Crippen molar-refractivity contribution in [3.8, 4) is 5.75 Å². The average Bonchev–Trinajstić information content (AvgIpc) is 2.39. The van der Waals surface area contributed by atoms with Crippen LogP contribution in [0.15, 0.2) is 30.5 Å². The molecule has 2 aromatic rings. The second-order valence-corrected chi connectivity index (χ2v) is 4.64. The first-order valence-corrected chi connectivity index (χ1v) is 6.31. The summed E-state index contributed by atoms with van der Waals surface area (Å²) in [5, 5.41) is 0. The second-order valence-electron chi connectivity index (χ2n) is 4.64. The molecule has 4 nitrogen and oxygen atoms in total. The molecule has 19 heavy (non-hydrogen) atoms. The molecule has 0 spiro atoms. The summed E-state index contributed by atoms with van der Waals surface area (Å²) in [7, 11) is 1.66. The lowest BCUT2D eigenvalue weighted by molar-refractivity contribution is 0.414. The van der Waals surface area contributed by atoms with E-state index in [1.54, 1.807) is 7.11 Å². The number of nitrogens with two attached hydrogens (primary N) is 1. The van der Waals surface area contributed by atoms with Crippen molar-refractivity contribution in [2.75, 3.05) is 7.11 Å². The molecule has 1 aromatic heterocycles. The van der Waals surface area contributed by atoms with E-state index in [1.165, 1.54) is 0 Å². The van der Waals surface area contributed by atoms with E-state index in [2.05, 4.69) is 9.97 Å². The van der Waals surface area contributed by atoms with Crippen molar-refractivity contribution >= 4 is 0 Å². The van der Waals surface area contributed by atoms with E-state index in [0.29, 0.717) is 6.42 Å². The molecule has 1 heterocycles. The van der Waals surface area contributed by atoms with E-state index in [-0.39, 0.29) is 6.04 Å². The molecule has 0 aliphatic carbocycles. The van der Waals surface area contributed by atoms with Gasteiger partial charge in [0.1, 0.15) is 11.6 Å². The molecule has 0 bridgehead atoms. The minimum Gasteiger partial charge on any atom is -0.497 e. The third kappa shape index (κ3) is 3.29. The molecule has 2 N–H and O–H groups in total. The van der Waals surface area contributed by atoms with Gasteiger partial charge in [-0.05, 0) is 31.5 Å². The number of hydrogen-bond acceptors (Lipinski definition) is 4. The second kappa shape index (κ2) is 5.80. The summed E-state index contributed by atoms with van der Waals surface area (Å²) in [5.74, 6) is 1.67. The fraction of sp³-hybridized carbons (Fsp3) is 0.333. The van der Waals surface area contributed by atoms with Gasteiger partial charge in [0, 0.05) is 29.9 Å². The first-order chi connectivity index (χ1) is 9.10. The Hall–Kier alpha value is -1.94. The van der Waals surface area contributed by atoms with Gasteiger partial charge < -0.3 is 10.5 Å². The number of aromatic nitrogens is 2. The Kier molecular flexibility index (Phi) is 4.12. The summed E-state index contributed by atoms with van der Waals surface area (Å²) in [5.41, 5.74) is 8.97. The minimum atomic E-state index is -0.0324. The maximum atomic E-state index is 5.86. The van der Waals surface area contributed by atoms with Crippen LogP contribution in [0.5, 0.6) is 5.75 Å². The van der Waals surface area contributed by atoms with Crippen molar-refractivity contribution in [2.24, 2.45) is 5.73 Å². The number of nitrogens with zero attached hydrogens (tertiary/aromatic N) is 2. The van der Waals surface area contributed by atoms with Crippen molar-refractivity contribution in [2.45, 2.75) is 26.3 Å². The molecule has 2 rings (SSSR count). The Morgan fingerprint density at radius 2 is 1.95 bits per heavy atom. The van der Waals surface area contributed by atoms with Gasteiger partial charge in [0.05, 0.1) is 7.11 Å². The molecule has 0 saturated heterocycles. The Balaban J connectivity index is 2.16. The highest BCUT2D eigenvalue weighted by molar-refractivity contribution is 5.29. The molecule has 4 heteroatoms. The zero-order valence-corrected chi connectivity index (χ0v) is 11.6. The van der Waals surface area contributed by atoms with Crippen LogP contribution < -0.4 is 10.5 Å². The molecular weight excluding hydrogens is 238 g/mol. The van der Waals surface area contributed by atoms with Gasteiger partial charge in [0.25, 0.3) is 0 Å². The number of rotatable bonds is 4. The SMILES string of the molecule is COc1ccc(Cc2ncc([C@@H](C)N)c(C)n2)cc1. The van der Waals surface area contributed by atoms with Crippen molar-refractivity contribution in [3.63, 3.8) is 0 Å². The van der Waals surface area contributed by atoms with E-state index in [0.717, 1.165) is 28.4 Å². The quantitative estimate of drug-likeness (QED) is 0.913. The van der Waals surface area contributed by atoms with Crippen LogP contribution in [0.1, 0.15) is 35.6 Å². The standard InChI is InChI=1S/C15H19N3O/c1-10(16)14-9-17-15(18-11(14)2)8-12-4-6-13(19-3)7-5-12/h4-7,9-10H,8,16H2,1-3H3/t10-/m1/s1. The normalized spacial score (nSPS) is 12.2. The summed E-state index contributed by atoms with van der Waals surface area (Å²) in [4.78, 5) is 8.89. The van der Waals surface area contributed by atoms with Crippen LogP contribution in [-0.2, 0) is 6.42 Å². The van der Waals surface area contributed by atoms with Gasteiger partial charge in [-0.2, -0.15) is 0 Å². The zero-order valence-electron chi connectivity index (χ0n) is 11.6. The van der Waals surface area contributed by atoms with Crippen molar-refractivity contribution in [1.29, 1.82) is 0 Å². The number of hydrogen-bond donors (Lipinski definition) is 1. The Bertz CT molecular complexity index is 550. The van der Waals surface area contributed by atoms with Crippen LogP contribution in [0.25, 0.3) is 0 Å². The van der Waals surface area contributed by atoms with Gasteiger partial charge in [-0.15, -0.1) is 0 Å². The number of aryl methyl sites for hydroxylation is 1. The van der Waals surface area contributed by atoms with Gasteiger partial charge in [-0.1, -0.05) is 12.1 Å². The Morgan fingerprint density at radius 1 is 1.26 bits per heavy atom. The Labute approximate surface area is 113 Å². The molecular formula is C15H19N3O. The van der Waals surface area contributed by atoms with Crippen molar-refractivity contribution in [3.05, 3.63) is 53.1 Å². The molecule has 0 aliphatic rings. The first-order valence-electron chi connectivity index (χ1n) is 6.31. The Morgan fingerprint density at radius 3 is 2.47 bits per heavy atom. The van der Waals surface area contributed by atoms with Gasteiger partial charge >= 0.3 is 0 Å². The predicted octanol–water partition coefficient (Wildman–Crippen LogP) is 2.40. The molecule has 0 aliphatic heterocycles. The number of benzene rings is 1. The van der Waals surface area contributed by atoms with Crippen LogP contribution in [0.2, 0.25) is 0 Å². The molecule has 0 fully saturated rings. The van der Waals surface area contributed by atoms with E-state index in [4.69, 9.17) is 10.5 Å². The van der Waals surface area contributed by atoms with E-state index < -0.39 is 0 Å². The zero-order chi connectivity index (χ0) is 13.8.